The fourth-order valence-electron chi connectivity index (χ4n) is 8.43. The van der Waals surface area contributed by atoms with Crippen molar-refractivity contribution in [3.63, 3.8) is 0 Å². The third kappa shape index (κ3) is 60.6. The van der Waals surface area contributed by atoms with Gasteiger partial charge in [0.2, 0.25) is 0 Å². The number of ether oxygens (including phenoxy) is 3. The van der Waals surface area contributed by atoms with Crippen LogP contribution >= 0.6 is 0 Å². The SMILES string of the molecule is CC/C=C\C/C=C\C/C=C\C/C=C\C/C=C\CCCCCCCCCCCCCCCC(=O)OCC(COC(=O)CCCCCCCCCCCCCCC)OC(=O)C/C=C\C/C=C\C/C=C\C/C=C\C/C=C\CC. The van der Waals surface area contributed by atoms with Crippen molar-refractivity contribution in [2.45, 2.75) is 284 Å². The zero-order chi connectivity index (χ0) is 54.3. The molecule has 0 aliphatic heterocycles. The van der Waals surface area contributed by atoms with E-state index < -0.39 is 12.1 Å². The molecule has 0 aromatic heterocycles. The lowest BCUT2D eigenvalue weighted by Gasteiger charge is -2.18. The summed E-state index contributed by atoms with van der Waals surface area (Å²) in [4.78, 5) is 38.1. The van der Waals surface area contributed by atoms with Gasteiger partial charge in [0.25, 0.3) is 0 Å². The fourth-order valence-corrected chi connectivity index (χ4v) is 8.43. The minimum atomic E-state index is -0.833. The zero-order valence-corrected chi connectivity index (χ0v) is 48.8. The number of hydrogen-bond donors (Lipinski definition) is 0. The first-order valence-corrected chi connectivity index (χ1v) is 31.0. The smallest absolute Gasteiger partial charge is 0.310 e. The Labute approximate surface area is 462 Å². The number of hydrogen-bond acceptors (Lipinski definition) is 6. The summed E-state index contributed by atoms with van der Waals surface area (Å²) in [5, 5.41) is 0. The maximum absolute atomic E-state index is 12.8. The molecule has 6 nitrogen and oxygen atoms in total. The summed E-state index contributed by atoms with van der Waals surface area (Å²) in [6.07, 6.45) is 86.6. The van der Waals surface area contributed by atoms with E-state index in [9.17, 15) is 14.4 Å². The summed E-state index contributed by atoms with van der Waals surface area (Å²) in [6.45, 7) is 6.34. The monoisotopic (exact) mass is 1040 g/mol. The lowest BCUT2D eigenvalue weighted by Crippen LogP contribution is -2.30. The van der Waals surface area contributed by atoms with Crippen LogP contribution in [0, 0.1) is 0 Å². The van der Waals surface area contributed by atoms with Crippen LogP contribution in [0.1, 0.15) is 278 Å². The van der Waals surface area contributed by atoms with Gasteiger partial charge in [-0.15, -0.1) is 0 Å². The first-order valence-electron chi connectivity index (χ1n) is 31.0. The molecule has 0 N–H and O–H groups in total. The van der Waals surface area contributed by atoms with Gasteiger partial charge in [-0.05, 0) is 89.9 Å². The van der Waals surface area contributed by atoms with Gasteiger partial charge in [0.15, 0.2) is 6.10 Å². The minimum Gasteiger partial charge on any atom is -0.462 e. The molecule has 0 bridgehead atoms. The van der Waals surface area contributed by atoms with Crippen LogP contribution in [-0.4, -0.2) is 37.2 Å². The first-order chi connectivity index (χ1) is 37.0. The van der Waals surface area contributed by atoms with Crippen molar-refractivity contribution in [3.8, 4) is 0 Å². The Morgan fingerprint density at radius 1 is 0.293 bits per heavy atom. The molecule has 0 saturated heterocycles. The Morgan fingerprint density at radius 2 is 0.560 bits per heavy atom. The number of carbonyl (C=O) groups excluding carboxylic acids is 3. The van der Waals surface area contributed by atoms with Crippen LogP contribution in [-0.2, 0) is 28.6 Å². The molecule has 0 amide bonds. The van der Waals surface area contributed by atoms with E-state index in [0.717, 1.165) is 103 Å². The molecule has 1 atom stereocenters. The molecule has 0 spiro atoms. The Kier molecular flexibility index (Phi) is 58.9. The Morgan fingerprint density at radius 3 is 0.880 bits per heavy atom. The minimum absolute atomic E-state index is 0.0956. The van der Waals surface area contributed by atoms with E-state index in [2.05, 4.69) is 130 Å². The predicted octanol–water partition coefficient (Wildman–Crippen LogP) is 21.2. The molecule has 0 saturated carbocycles. The molecule has 0 heterocycles. The van der Waals surface area contributed by atoms with Crippen molar-refractivity contribution in [2.24, 2.45) is 0 Å². The number of rotatable bonds is 55. The maximum Gasteiger partial charge on any atom is 0.310 e. The molecular weight excluding hydrogens is 925 g/mol. The van der Waals surface area contributed by atoms with E-state index in [0.29, 0.717) is 12.8 Å². The van der Waals surface area contributed by atoms with E-state index in [4.69, 9.17) is 14.2 Å². The average Bonchev–Trinajstić information content (AvgIpc) is 3.41. The molecule has 6 heteroatoms. The van der Waals surface area contributed by atoms with E-state index in [-0.39, 0.29) is 31.6 Å². The second-order valence-corrected chi connectivity index (χ2v) is 20.2. The summed E-state index contributed by atoms with van der Waals surface area (Å²) in [5.74, 6) is -1.04. The van der Waals surface area contributed by atoms with Gasteiger partial charge in [-0.3, -0.25) is 14.4 Å². The number of unbranched alkanes of at least 4 members (excludes halogenated alkanes) is 25. The van der Waals surface area contributed by atoms with E-state index in [1.165, 1.54) is 135 Å². The molecule has 0 fully saturated rings. The van der Waals surface area contributed by atoms with Crippen molar-refractivity contribution in [1.82, 2.24) is 0 Å². The first kappa shape index (κ1) is 70.8. The Balaban J connectivity index is 4.31. The lowest BCUT2D eigenvalue weighted by atomic mass is 10.0. The largest absolute Gasteiger partial charge is 0.462 e. The zero-order valence-electron chi connectivity index (χ0n) is 48.8. The molecule has 1 unspecified atom stereocenters. The lowest BCUT2D eigenvalue weighted by molar-refractivity contribution is -0.166. The highest BCUT2D eigenvalue weighted by Crippen LogP contribution is 2.16. The van der Waals surface area contributed by atoms with Crippen LogP contribution in [0.3, 0.4) is 0 Å². The summed E-state index contributed by atoms with van der Waals surface area (Å²) in [5.41, 5.74) is 0. The molecule has 0 aliphatic carbocycles. The van der Waals surface area contributed by atoms with E-state index >= 15 is 0 Å². The third-order valence-corrected chi connectivity index (χ3v) is 13.0. The van der Waals surface area contributed by atoms with Crippen LogP contribution in [0.5, 0.6) is 0 Å². The van der Waals surface area contributed by atoms with Gasteiger partial charge in [-0.25, -0.2) is 0 Å². The van der Waals surface area contributed by atoms with Crippen molar-refractivity contribution in [1.29, 1.82) is 0 Å². The quantitative estimate of drug-likeness (QED) is 0.0261. The number of carbonyl (C=O) groups is 3. The van der Waals surface area contributed by atoms with Gasteiger partial charge in [0.1, 0.15) is 13.2 Å². The van der Waals surface area contributed by atoms with Crippen molar-refractivity contribution in [2.75, 3.05) is 13.2 Å². The molecule has 0 radical (unpaired) electrons. The van der Waals surface area contributed by atoms with Gasteiger partial charge in [0, 0.05) is 12.8 Å². The number of allylic oxidation sites excluding steroid dienone is 19. The fraction of sp³-hybridized carbons (Fsp3) is 0.667. The number of esters is 3. The maximum atomic E-state index is 12.8. The topological polar surface area (TPSA) is 78.9 Å². The highest BCUT2D eigenvalue weighted by atomic mass is 16.6. The molecule has 0 aromatic carbocycles. The Bertz CT molecular complexity index is 1570. The van der Waals surface area contributed by atoms with Gasteiger partial charge in [0.05, 0.1) is 6.42 Å². The van der Waals surface area contributed by atoms with Crippen LogP contribution in [0.15, 0.2) is 122 Å². The summed E-state index contributed by atoms with van der Waals surface area (Å²) in [6, 6.07) is 0. The molecule has 75 heavy (non-hydrogen) atoms. The van der Waals surface area contributed by atoms with Gasteiger partial charge in [-0.1, -0.05) is 290 Å². The van der Waals surface area contributed by atoms with Crippen LogP contribution in [0.2, 0.25) is 0 Å². The molecule has 0 rings (SSSR count). The second kappa shape index (κ2) is 62.4. The second-order valence-electron chi connectivity index (χ2n) is 20.2. The molecule has 0 aromatic rings. The van der Waals surface area contributed by atoms with Crippen LogP contribution in [0.4, 0.5) is 0 Å². The van der Waals surface area contributed by atoms with Gasteiger partial charge < -0.3 is 14.2 Å². The van der Waals surface area contributed by atoms with Gasteiger partial charge >= 0.3 is 17.9 Å². The summed E-state index contributed by atoms with van der Waals surface area (Å²) in [7, 11) is 0. The van der Waals surface area contributed by atoms with Crippen molar-refractivity contribution >= 4 is 17.9 Å². The predicted molar refractivity (Wildman–Crippen MR) is 325 cm³/mol. The molecular formula is C69H114O6. The highest BCUT2D eigenvalue weighted by molar-refractivity contribution is 5.72. The normalized spacial score (nSPS) is 12.9. The van der Waals surface area contributed by atoms with Crippen molar-refractivity contribution < 1.29 is 28.6 Å². The average molecular weight is 1040 g/mol. The van der Waals surface area contributed by atoms with Crippen LogP contribution in [0.25, 0.3) is 0 Å². The van der Waals surface area contributed by atoms with Gasteiger partial charge in [-0.2, -0.15) is 0 Å². The summed E-state index contributed by atoms with van der Waals surface area (Å²) >= 11 is 0. The standard InChI is InChI=1S/C69H114O6/c1-4-7-10-13-16-19-22-25-27-28-29-30-31-32-33-34-35-36-37-38-39-40-42-44-47-50-53-56-59-62-68(71)74-65-66(64-73-67(70)61-58-55-52-49-46-43-24-21-18-15-12-9-6-3)75-69(72)63-60-57-54-51-48-45-41-26-23-20-17-14-11-8-5-2/h7-8,10-11,16-17,19-20,25-27,29-30,32-33,41,48,51,57,60,66H,4-6,9,12-15,18,21-24,28,31,34-40,42-47,49-50,52-56,58-59,61-65H2,1-3H3/b10-7-,11-8-,19-16-,20-17-,27-25-,30-29-,33-32-,41-26-,51-48-,60-57-. The van der Waals surface area contributed by atoms with E-state index in [1.807, 2.05) is 6.08 Å². The molecule has 426 valence electrons. The third-order valence-electron chi connectivity index (χ3n) is 13.0. The van der Waals surface area contributed by atoms with Crippen molar-refractivity contribution in [3.05, 3.63) is 122 Å². The summed E-state index contributed by atoms with van der Waals surface area (Å²) < 4.78 is 16.8. The highest BCUT2D eigenvalue weighted by Gasteiger charge is 2.19. The Hall–Kier alpha value is -4.19. The molecule has 0 aliphatic rings. The van der Waals surface area contributed by atoms with E-state index in [1.54, 1.807) is 6.08 Å². The van der Waals surface area contributed by atoms with Crippen LogP contribution < -0.4 is 0 Å².